The molecule has 0 saturated heterocycles. The molecule has 2 aromatic heterocycles. The van der Waals surface area contributed by atoms with Gasteiger partial charge in [0.1, 0.15) is 41.9 Å². The van der Waals surface area contributed by atoms with Gasteiger partial charge in [-0.15, -0.1) is 0 Å². The van der Waals surface area contributed by atoms with Crippen molar-refractivity contribution in [3.63, 3.8) is 0 Å². The average Bonchev–Trinajstić information content (AvgIpc) is 2.99. The molecular weight excluding hydrogens is 401 g/mol. The largest absolute Gasteiger partial charge is 0.496 e. The van der Waals surface area contributed by atoms with E-state index in [1.54, 1.807) is 32.0 Å². The molecule has 7 nitrogen and oxygen atoms in total. The molecule has 0 amide bonds. The molecule has 156 valence electrons. The Kier molecular flexibility index (Phi) is 4.42. The summed E-state index contributed by atoms with van der Waals surface area (Å²) >= 11 is 0. The van der Waals surface area contributed by atoms with Crippen molar-refractivity contribution in [2.45, 2.75) is 20.0 Å². The van der Waals surface area contributed by atoms with Gasteiger partial charge in [-0.25, -0.2) is 4.98 Å². The van der Waals surface area contributed by atoms with E-state index in [0.29, 0.717) is 17.0 Å². The van der Waals surface area contributed by atoms with Crippen molar-refractivity contribution in [3.8, 4) is 29.1 Å². The van der Waals surface area contributed by atoms with Crippen LogP contribution >= 0.6 is 0 Å². The topological polar surface area (TPSA) is 95.3 Å². The SMILES string of the molecule is COc1ccc(C)c(-n2c(N)c(C#N)c3c(C(F)(F)F)nc4c(c32)OCCO4)c1C. The van der Waals surface area contributed by atoms with Gasteiger partial charge in [0.15, 0.2) is 5.69 Å². The van der Waals surface area contributed by atoms with Crippen molar-refractivity contribution in [2.75, 3.05) is 26.1 Å². The monoisotopic (exact) mass is 418 g/mol. The van der Waals surface area contributed by atoms with Crippen LogP contribution < -0.4 is 19.9 Å². The number of aryl methyl sites for hydroxylation is 1. The highest BCUT2D eigenvalue weighted by Gasteiger charge is 2.41. The summed E-state index contributed by atoms with van der Waals surface area (Å²) in [4.78, 5) is 3.63. The molecule has 0 unspecified atom stereocenters. The Hall–Kier alpha value is -3.61. The van der Waals surface area contributed by atoms with Crippen LogP contribution in [0.25, 0.3) is 16.6 Å². The first-order chi connectivity index (χ1) is 14.2. The molecule has 2 N–H and O–H groups in total. The van der Waals surface area contributed by atoms with Crippen LogP contribution in [-0.4, -0.2) is 29.9 Å². The lowest BCUT2D eigenvalue weighted by atomic mass is 10.1. The van der Waals surface area contributed by atoms with Crippen LogP contribution in [0.3, 0.4) is 0 Å². The van der Waals surface area contributed by atoms with Crippen molar-refractivity contribution in [1.82, 2.24) is 9.55 Å². The summed E-state index contributed by atoms with van der Waals surface area (Å²) in [7, 11) is 1.49. The van der Waals surface area contributed by atoms with E-state index in [9.17, 15) is 18.4 Å². The summed E-state index contributed by atoms with van der Waals surface area (Å²) in [5.74, 6) is 0.0925. The third-order valence-corrected chi connectivity index (χ3v) is 5.04. The minimum atomic E-state index is -4.84. The zero-order chi connectivity index (χ0) is 21.8. The Labute approximate surface area is 169 Å². The summed E-state index contributed by atoms with van der Waals surface area (Å²) in [6.45, 7) is 3.72. The lowest BCUT2D eigenvalue weighted by Crippen LogP contribution is -2.20. The molecule has 0 atom stereocenters. The van der Waals surface area contributed by atoms with E-state index in [1.807, 2.05) is 0 Å². The molecule has 0 bridgehead atoms. The van der Waals surface area contributed by atoms with Gasteiger partial charge in [-0.3, -0.25) is 4.57 Å². The van der Waals surface area contributed by atoms with E-state index in [4.69, 9.17) is 19.9 Å². The Morgan fingerprint density at radius 1 is 1.23 bits per heavy atom. The number of anilines is 1. The van der Waals surface area contributed by atoms with E-state index in [1.165, 1.54) is 11.7 Å². The summed E-state index contributed by atoms with van der Waals surface area (Å²) in [6, 6.07) is 5.31. The van der Waals surface area contributed by atoms with Crippen LogP contribution in [0.1, 0.15) is 22.4 Å². The molecule has 10 heteroatoms. The molecule has 0 radical (unpaired) electrons. The van der Waals surface area contributed by atoms with E-state index < -0.39 is 17.3 Å². The first-order valence-electron chi connectivity index (χ1n) is 8.96. The van der Waals surface area contributed by atoms with Crippen LogP contribution in [0, 0.1) is 25.2 Å². The number of nitrogen functional groups attached to an aromatic ring is 1. The van der Waals surface area contributed by atoms with Crippen LogP contribution in [-0.2, 0) is 6.18 Å². The van der Waals surface area contributed by atoms with Crippen LogP contribution in [0.5, 0.6) is 17.4 Å². The van der Waals surface area contributed by atoms with Gasteiger partial charge in [0.2, 0.25) is 5.75 Å². The molecule has 1 aliphatic rings. The number of pyridine rings is 1. The second-order valence-electron chi connectivity index (χ2n) is 6.78. The van der Waals surface area contributed by atoms with Crippen molar-refractivity contribution in [2.24, 2.45) is 0 Å². The predicted octanol–water partition coefficient (Wildman–Crippen LogP) is 3.89. The van der Waals surface area contributed by atoms with Crippen LogP contribution in [0.2, 0.25) is 0 Å². The number of methoxy groups -OCH3 is 1. The second kappa shape index (κ2) is 6.73. The second-order valence-corrected chi connectivity index (χ2v) is 6.78. The minimum absolute atomic E-state index is 0.0130. The number of nitriles is 1. The maximum Gasteiger partial charge on any atom is 0.434 e. The zero-order valence-corrected chi connectivity index (χ0v) is 16.3. The minimum Gasteiger partial charge on any atom is -0.496 e. The van der Waals surface area contributed by atoms with Crippen LogP contribution in [0.4, 0.5) is 19.0 Å². The highest BCUT2D eigenvalue weighted by molar-refractivity contribution is 6.00. The quantitative estimate of drug-likeness (QED) is 0.678. The standard InChI is InChI=1S/C20H17F3N4O3/c1-9-4-5-12(28-3)10(2)14(9)27-15-13(11(8-24)18(27)25)17(20(21,22)23)26-19-16(15)29-6-7-30-19/h4-5H,6-7,25H2,1-3H3. The van der Waals surface area contributed by atoms with Gasteiger partial charge in [0.25, 0.3) is 5.88 Å². The normalized spacial score (nSPS) is 13.4. The highest BCUT2D eigenvalue weighted by atomic mass is 19.4. The first-order valence-corrected chi connectivity index (χ1v) is 8.96. The molecular formula is C20H17F3N4O3. The average molecular weight is 418 g/mol. The van der Waals surface area contributed by atoms with Gasteiger partial charge in [0, 0.05) is 5.56 Å². The van der Waals surface area contributed by atoms with Gasteiger partial charge in [-0.2, -0.15) is 18.4 Å². The summed E-state index contributed by atoms with van der Waals surface area (Å²) in [6.07, 6.45) is -4.84. The molecule has 0 saturated carbocycles. The third kappa shape index (κ3) is 2.69. The smallest absolute Gasteiger partial charge is 0.434 e. The summed E-state index contributed by atoms with van der Waals surface area (Å²) in [5.41, 5.74) is 6.50. The Morgan fingerprint density at radius 3 is 2.57 bits per heavy atom. The molecule has 1 aliphatic heterocycles. The van der Waals surface area contributed by atoms with E-state index in [-0.39, 0.29) is 41.7 Å². The maximum atomic E-state index is 13.9. The number of ether oxygens (including phenoxy) is 3. The molecule has 3 aromatic rings. The van der Waals surface area contributed by atoms with Crippen LogP contribution in [0.15, 0.2) is 12.1 Å². The van der Waals surface area contributed by atoms with Crippen molar-refractivity contribution in [1.29, 1.82) is 5.26 Å². The molecule has 30 heavy (non-hydrogen) atoms. The number of rotatable bonds is 2. The zero-order valence-electron chi connectivity index (χ0n) is 16.3. The summed E-state index contributed by atoms with van der Waals surface area (Å²) < 4.78 is 59.4. The Bertz CT molecular complexity index is 1230. The number of nitrogens with two attached hydrogens (primary N) is 1. The fourth-order valence-electron chi connectivity index (χ4n) is 3.79. The van der Waals surface area contributed by atoms with E-state index >= 15 is 0 Å². The van der Waals surface area contributed by atoms with Gasteiger partial charge in [-0.1, -0.05) is 6.07 Å². The number of benzene rings is 1. The van der Waals surface area contributed by atoms with Gasteiger partial charge in [-0.05, 0) is 25.5 Å². The molecule has 0 aliphatic carbocycles. The Morgan fingerprint density at radius 2 is 1.93 bits per heavy atom. The number of aromatic nitrogens is 2. The molecule has 0 fully saturated rings. The number of nitrogens with zero attached hydrogens (tertiary/aromatic N) is 3. The van der Waals surface area contributed by atoms with E-state index in [0.717, 1.165) is 5.56 Å². The highest BCUT2D eigenvalue weighted by Crippen LogP contribution is 2.48. The number of hydrogen-bond acceptors (Lipinski definition) is 6. The number of alkyl halides is 3. The number of halogens is 3. The first kappa shape index (κ1) is 19.7. The fourth-order valence-corrected chi connectivity index (χ4v) is 3.79. The number of hydrogen-bond donors (Lipinski definition) is 1. The molecule has 1 aromatic carbocycles. The predicted molar refractivity (Wildman–Crippen MR) is 102 cm³/mol. The van der Waals surface area contributed by atoms with Crippen molar-refractivity contribution < 1.29 is 27.4 Å². The Balaban J connectivity index is 2.27. The maximum absolute atomic E-state index is 13.9. The third-order valence-electron chi connectivity index (χ3n) is 5.04. The summed E-state index contributed by atoms with van der Waals surface area (Å²) in [5, 5.41) is 9.25. The van der Waals surface area contributed by atoms with E-state index in [2.05, 4.69) is 4.98 Å². The number of fused-ring (bicyclic) bond motifs is 3. The van der Waals surface area contributed by atoms with Gasteiger partial charge >= 0.3 is 6.18 Å². The van der Waals surface area contributed by atoms with Gasteiger partial charge in [0.05, 0.1) is 18.2 Å². The molecule has 0 spiro atoms. The lowest BCUT2D eigenvalue weighted by Gasteiger charge is -2.22. The lowest BCUT2D eigenvalue weighted by molar-refractivity contribution is -0.140. The fraction of sp³-hybridized carbons (Fsp3) is 0.300. The van der Waals surface area contributed by atoms with Crippen molar-refractivity contribution >= 4 is 16.7 Å². The molecule has 4 rings (SSSR count). The van der Waals surface area contributed by atoms with Crippen molar-refractivity contribution in [3.05, 3.63) is 34.5 Å². The van der Waals surface area contributed by atoms with Gasteiger partial charge < -0.3 is 19.9 Å². The molecule has 3 heterocycles.